The van der Waals surface area contributed by atoms with Gasteiger partial charge in [-0.15, -0.1) is 0 Å². The molecule has 0 heterocycles. The fraction of sp³-hybridized carbons (Fsp3) is 0.774. The molecule has 0 aliphatic heterocycles. The Morgan fingerprint density at radius 1 is 0.455 bits per heavy atom. The van der Waals surface area contributed by atoms with Gasteiger partial charge in [-0.05, 0) is 64.2 Å². The van der Waals surface area contributed by atoms with Gasteiger partial charge < -0.3 is 5.11 Å². The second-order valence-electron chi connectivity index (χ2n) is 9.59. The van der Waals surface area contributed by atoms with Crippen molar-refractivity contribution < 1.29 is 9.90 Å². The van der Waals surface area contributed by atoms with Crippen molar-refractivity contribution in [3.8, 4) is 0 Å². The third-order valence-corrected chi connectivity index (χ3v) is 6.23. The van der Waals surface area contributed by atoms with Crippen LogP contribution in [0.2, 0.25) is 0 Å². The topological polar surface area (TPSA) is 37.3 Å². The second-order valence-corrected chi connectivity index (χ2v) is 9.59. The molecule has 0 saturated heterocycles. The van der Waals surface area contributed by atoms with Crippen LogP contribution < -0.4 is 0 Å². The van der Waals surface area contributed by atoms with Gasteiger partial charge in [-0.25, -0.2) is 0 Å². The lowest BCUT2D eigenvalue weighted by molar-refractivity contribution is -0.137. The van der Waals surface area contributed by atoms with Gasteiger partial charge in [0.05, 0.1) is 0 Å². The van der Waals surface area contributed by atoms with Crippen molar-refractivity contribution >= 4 is 5.97 Å². The summed E-state index contributed by atoms with van der Waals surface area (Å²) < 4.78 is 0. The third-order valence-electron chi connectivity index (χ3n) is 6.23. The normalized spacial score (nSPS) is 12.0. The fourth-order valence-electron chi connectivity index (χ4n) is 4.08. The maximum atomic E-state index is 10.4. The number of allylic oxidation sites excluding steroid dienone is 6. The van der Waals surface area contributed by atoms with Gasteiger partial charge in [0.2, 0.25) is 0 Å². The molecule has 2 heteroatoms. The van der Waals surface area contributed by atoms with Crippen LogP contribution in [-0.4, -0.2) is 11.1 Å². The number of carboxylic acids is 1. The summed E-state index contributed by atoms with van der Waals surface area (Å²) in [5, 5.41) is 8.58. The van der Waals surface area contributed by atoms with Crippen LogP contribution in [0.1, 0.15) is 155 Å². The number of rotatable bonds is 26. The summed E-state index contributed by atoms with van der Waals surface area (Å²) in [5.74, 6) is -0.695. The van der Waals surface area contributed by atoms with Crippen LogP contribution in [0.4, 0.5) is 0 Å². The molecule has 0 aromatic rings. The molecule has 0 unspecified atom stereocenters. The number of carbonyl (C=O) groups is 1. The Labute approximate surface area is 207 Å². The van der Waals surface area contributed by atoms with Crippen LogP contribution in [0.5, 0.6) is 0 Å². The molecular formula is C31H56O2. The predicted octanol–water partition coefficient (Wildman–Crippen LogP) is 10.7. The highest BCUT2D eigenvalue weighted by atomic mass is 16.4. The molecule has 0 aromatic carbocycles. The van der Waals surface area contributed by atoms with E-state index in [2.05, 4.69) is 43.4 Å². The Bertz CT molecular complexity index is 475. The van der Waals surface area contributed by atoms with Gasteiger partial charge in [-0.3, -0.25) is 4.79 Å². The summed E-state index contributed by atoms with van der Waals surface area (Å²) in [6.07, 6.45) is 42.6. The molecule has 0 radical (unpaired) electrons. The van der Waals surface area contributed by atoms with Crippen LogP contribution >= 0.6 is 0 Å². The lowest BCUT2D eigenvalue weighted by Crippen LogP contribution is -1.92. The zero-order valence-electron chi connectivity index (χ0n) is 22.1. The molecule has 0 saturated carbocycles. The first kappa shape index (κ1) is 31.7. The zero-order valence-corrected chi connectivity index (χ0v) is 22.1. The molecule has 0 aliphatic carbocycles. The molecule has 0 aromatic heterocycles. The van der Waals surface area contributed by atoms with Crippen LogP contribution in [0.25, 0.3) is 0 Å². The summed E-state index contributed by atoms with van der Waals surface area (Å²) in [4.78, 5) is 10.4. The molecule has 0 atom stereocenters. The first-order valence-electron chi connectivity index (χ1n) is 14.4. The van der Waals surface area contributed by atoms with Crippen molar-refractivity contribution in [1.29, 1.82) is 0 Å². The highest BCUT2D eigenvalue weighted by Crippen LogP contribution is 2.13. The number of hydrogen-bond acceptors (Lipinski definition) is 1. The summed E-state index contributed by atoms with van der Waals surface area (Å²) in [7, 11) is 0. The van der Waals surface area contributed by atoms with Crippen molar-refractivity contribution in [2.75, 3.05) is 0 Å². The van der Waals surface area contributed by atoms with Crippen molar-refractivity contribution in [1.82, 2.24) is 0 Å². The van der Waals surface area contributed by atoms with E-state index in [-0.39, 0.29) is 6.42 Å². The largest absolute Gasteiger partial charge is 0.481 e. The maximum Gasteiger partial charge on any atom is 0.303 e. The van der Waals surface area contributed by atoms with Crippen molar-refractivity contribution in [2.45, 2.75) is 155 Å². The number of carboxylic acid groups (broad SMARTS) is 1. The Morgan fingerprint density at radius 3 is 1.12 bits per heavy atom. The van der Waals surface area contributed by atoms with E-state index >= 15 is 0 Å². The average Bonchev–Trinajstić information content (AvgIpc) is 2.80. The molecule has 0 amide bonds. The number of unbranched alkanes of at least 4 members (excludes halogenated alkanes) is 18. The van der Waals surface area contributed by atoms with Gasteiger partial charge in [0.1, 0.15) is 0 Å². The zero-order chi connectivity index (χ0) is 24.1. The lowest BCUT2D eigenvalue weighted by atomic mass is 10.0. The van der Waals surface area contributed by atoms with Crippen LogP contribution in [-0.2, 0) is 4.79 Å². The maximum absolute atomic E-state index is 10.4. The van der Waals surface area contributed by atoms with Crippen LogP contribution in [0.15, 0.2) is 36.5 Å². The van der Waals surface area contributed by atoms with E-state index in [1.807, 2.05) is 0 Å². The first-order valence-corrected chi connectivity index (χ1v) is 14.4. The van der Waals surface area contributed by atoms with Gasteiger partial charge in [-0.2, -0.15) is 0 Å². The van der Waals surface area contributed by atoms with Gasteiger partial charge in [-0.1, -0.05) is 120 Å². The van der Waals surface area contributed by atoms with E-state index in [9.17, 15) is 4.79 Å². The minimum absolute atomic E-state index is 0.280. The molecule has 0 bridgehead atoms. The molecule has 192 valence electrons. The molecule has 33 heavy (non-hydrogen) atoms. The Hall–Kier alpha value is -1.31. The predicted molar refractivity (Wildman–Crippen MR) is 147 cm³/mol. The highest BCUT2D eigenvalue weighted by Gasteiger charge is 1.94. The van der Waals surface area contributed by atoms with Gasteiger partial charge in [0.15, 0.2) is 0 Å². The second kappa shape index (κ2) is 28.7. The quantitative estimate of drug-likeness (QED) is 0.103. The summed E-state index contributed by atoms with van der Waals surface area (Å²) >= 11 is 0. The Morgan fingerprint density at radius 2 is 0.758 bits per heavy atom. The molecule has 0 fully saturated rings. The van der Waals surface area contributed by atoms with Crippen molar-refractivity contribution in [2.24, 2.45) is 0 Å². The lowest BCUT2D eigenvalue weighted by Gasteiger charge is -2.02. The van der Waals surface area contributed by atoms with Gasteiger partial charge >= 0.3 is 5.97 Å². The summed E-state index contributed by atoms with van der Waals surface area (Å²) in [6, 6.07) is 0. The highest BCUT2D eigenvalue weighted by molar-refractivity contribution is 5.66. The van der Waals surface area contributed by atoms with E-state index in [1.165, 1.54) is 116 Å². The standard InChI is InChI=1S/C31H56O2/c1-2-3-4-5-6-7-8-9-10-11-12-13-14-15-16-17-18-19-20-21-22-23-24-25-26-27-28-29-30-31(32)33/h7-8,22-23,26-27H,2-6,9-21,24-25,28-30H2,1H3,(H,32,33)/b8-7+,23-22+,27-26+. The van der Waals surface area contributed by atoms with Crippen molar-refractivity contribution in [3.05, 3.63) is 36.5 Å². The molecule has 2 nitrogen and oxygen atoms in total. The average molecular weight is 461 g/mol. The molecule has 0 aliphatic rings. The Kier molecular flexibility index (Phi) is 27.6. The number of aliphatic carboxylic acids is 1. The molecule has 0 rings (SSSR count). The van der Waals surface area contributed by atoms with Crippen molar-refractivity contribution in [3.63, 3.8) is 0 Å². The minimum atomic E-state index is -0.695. The molecule has 1 N–H and O–H groups in total. The monoisotopic (exact) mass is 460 g/mol. The van der Waals surface area contributed by atoms with Gasteiger partial charge in [0, 0.05) is 6.42 Å². The van der Waals surface area contributed by atoms with Crippen LogP contribution in [0.3, 0.4) is 0 Å². The van der Waals surface area contributed by atoms with E-state index in [1.54, 1.807) is 0 Å². The summed E-state index contributed by atoms with van der Waals surface area (Å²) in [6.45, 7) is 2.28. The minimum Gasteiger partial charge on any atom is -0.481 e. The first-order chi connectivity index (χ1) is 16.3. The molecule has 0 spiro atoms. The van der Waals surface area contributed by atoms with E-state index in [4.69, 9.17) is 5.11 Å². The SMILES string of the molecule is CCCCCC/C=C/CCCCCCCCCCCCC/C=C/CC/C=C/CCCC(=O)O. The fourth-order valence-corrected chi connectivity index (χ4v) is 4.08. The molecular weight excluding hydrogens is 404 g/mol. The van der Waals surface area contributed by atoms with Crippen LogP contribution in [0, 0.1) is 0 Å². The van der Waals surface area contributed by atoms with E-state index < -0.39 is 5.97 Å². The Balaban J connectivity index is 3.16. The summed E-state index contributed by atoms with van der Waals surface area (Å²) in [5.41, 5.74) is 0. The third kappa shape index (κ3) is 30.7. The van der Waals surface area contributed by atoms with E-state index in [0.29, 0.717) is 0 Å². The van der Waals surface area contributed by atoms with E-state index in [0.717, 1.165) is 25.7 Å². The van der Waals surface area contributed by atoms with Gasteiger partial charge in [0.25, 0.3) is 0 Å². The smallest absolute Gasteiger partial charge is 0.303 e. The number of hydrogen-bond donors (Lipinski definition) is 1.